The Morgan fingerprint density at radius 2 is 2.03 bits per heavy atom. The summed E-state index contributed by atoms with van der Waals surface area (Å²) in [6, 6.07) is 11.5. The van der Waals surface area contributed by atoms with Gasteiger partial charge in [0, 0.05) is 24.6 Å². The van der Waals surface area contributed by atoms with Gasteiger partial charge < -0.3 is 14.0 Å². The molecule has 170 valence electrons. The number of hydrogen-bond acceptors (Lipinski definition) is 5. The summed E-state index contributed by atoms with van der Waals surface area (Å²) in [5.74, 6) is 6.41. The number of carbonyl (C=O) groups is 1. The first-order chi connectivity index (χ1) is 15.8. The summed E-state index contributed by atoms with van der Waals surface area (Å²) in [5, 5.41) is 1.06. The zero-order valence-corrected chi connectivity index (χ0v) is 18.5. The molecule has 1 atom stereocenters. The zero-order chi connectivity index (χ0) is 23.6. The van der Waals surface area contributed by atoms with E-state index in [4.69, 9.17) is 15.3 Å². The SMILES string of the molecule is C=C(/C=C/c1ccc(-n2cnc(C)c2)c(OC)c1)OC1(c2ccc(F)cc2)CCC(=O)N1N. The first kappa shape index (κ1) is 22.3. The van der Waals surface area contributed by atoms with E-state index in [2.05, 4.69) is 11.6 Å². The van der Waals surface area contributed by atoms with Gasteiger partial charge in [0.25, 0.3) is 0 Å². The predicted molar refractivity (Wildman–Crippen MR) is 122 cm³/mol. The van der Waals surface area contributed by atoms with Crippen LogP contribution in [0.5, 0.6) is 5.75 Å². The Bertz CT molecular complexity index is 1220. The molecule has 1 unspecified atom stereocenters. The number of nitrogens with zero attached hydrogens (tertiary/aromatic N) is 3. The predicted octanol–water partition coefficient (Wildman–Crippen LogP) is 4.22. The Kier molecular flexibility index (Phi) is 6.02. The Labute approximate surface area is 191 Å². The summed E-state index contributed by atoms with van der Waals surface area (Å²) in [6.45, 7) is 5.89. The second-order valence-electron chi connectivity index (χ2n) is 7.81. The zero-order valence-electron chi connectivity index (χ0n) is 18.5. The van der Waals surface area contributed by atoms with Crippen molar-refractivity contribution in [3.8, 4) is 11.4 Å². The first-order valence-corrected chi connectivity index (χ1v) is 10.4. The number of hydrazine groups is 1. The fraction of sp³-hybridized carbons (Fsp3) is 0.200. The van der Waals surface area contributed by atoms with Gasteiger partial charge in [-0.05, 0) is 42.8 Å². The van der Waals surface area contributed by atoms with Gasteiger partial charge in [-0.2, -0.15) is 0 Å². The largest absolute Gasteiger partial charge is 0.495 e. The second kappa shape index (κ2) is 8.91. The van der Waals surface area contributed by atoms with Crippen molar-refractivity contribution in [1.82, 2.24) is 14.6 Å². The maximum atomic E-state index is 13.4. The van der Waals surface area contributed by atoms with E-state index in [0.29, 0.717) is 23.5 Å². The van der Waals surface area contributed by atoms with E-state index in [0.717, 1.165) is 22.0 Å². The van der Waals surface area contributed by atoms with Gasteiger partial charge in [-0.15, -0.1) is 0 Å². The number of allylic oxidation sites excluding steroid dienone is 1. The van der Waals surface area contributed by atoms with E-state index < -0.39 is 5.72 Å². The average Bonchev–Trinajstić information content (AvgIpc) is 3.37. The molecule has 0 saturated carbocycles. The van der Waals surface area contributed by atoms with E-state index >= 15 is 0 Å². The maximum absolute atomic E-state index is 13.4. The van der Waals surface area contributed by atoms with Crippen LogP contribution in [0, 0.1) is 12.7 Å². The van der Waals surface area contributed by atoms with Gasteiger partial charge in [-0.1, -0.05) is 30.9 Å². The molecule has 0 aliphatic carbocycles. The van der Waals surface area contributed by atoms with Crippen molar-refractivity contribution in [3.63, 3.8) is 0 Å². The highest BCUT2D eigenvalue weighted by molar-refractivity contribution is 5.79. The molecule has 7 nitrogen and oxygen atoms in total. The van der Waals surface area contributed by atoms with Crippen molar-refractivity contribution in [2.45, 2.75) is 25.5 Å². The molecule has 1 aromatic heterocycles. The van der Waals surface area contributed by atoms with Gasteiger partial charge in [-0.3, -0.25) is 4.79 Å². The Balaban J connectivity index is 1.56. The van der Waals surface area contributed by atoms with Crippen LogP contribution in [0.25, 0.3) is 11.8 Å². The fourth-order valence-corrected chi connectivity index (χ4v) is 3.88. The summed E-state index contributed by atoms with van der Waals surface area (Å²) in [4.78, 5) is 16.4. The van der Waals surface area contributed by atoms with Crippen LogP contribution in [-0.4, -0.2) is 27.6 Å². The number of rotatable bonds is 7. The molecule has 33 heavy (non-hydrogen) atoms. The Morgan fingerprint density at radius 1 is 1.27 bits per heavy atom. The summed E-state index contributed by atoms with van der Waals surface area (Å²) in [7, 11) is 1.61. The minimum Gasteiger partial charge on any atom is -0.495 e. The third-order valence-electron chi connectivity index (χ3n) is 5.59. The monoisotopic (exact) mass is 448 g/mol. The molecule has 1 aliphatic rings. The number of hydrogen-bond donors (Lipinski definition) is 1. The summed E-state index contributed by atoms with van der Waals surface area (Å²) >= 11 is 0. The summed E-state index contributed by atoms with van der Waals surface area (Å²) in [6.07, 6.45) is 7.71. The average molecular weight is 448 g/mol. The van der Waals surface area contributed by atoms with Crippen LogP contribution in [0.3, 0.4) is 0 Å². The highest BCUT2D eigenvalue weighted by atomic mass is 19.1. The van der Waals surface area contributed by atoms with Crippen LogP contribution in [-0.2, 0) is 15.3 Å². The van der Waals surface area contributed by atoms with Crippen molar-refractivity contribution in [3.05, 3.63) is 96.0 Å². The number of nitrogens with two attached hydrogens (primary N) is 1. The van der Waals surface area contributed by atoms with E-state index in [-0.39, 0.29) is 18.1 Å². The molecule has 0 radical (unpaired) electrons. The van der Waals surface area contributed by atoms with Gasteiger partial charge in [-0.25, -0.2) is 20.2 Å². The van der Waals surface area contributed by atoms with Crippen LogP contribution < -0.4 is 10.6 Å². The lowest BCUT2D eigenvalue weighted by Crippen LogP contribution is -2.49. The molecule has 0 bridgehead atoms. The smallest absolute Gasteiger partial charge is 0.240 e. The van der Waals surface area contributed by atoms with Crippen molar-refractivity contribution >= 4 is 12.0 Å². The number of imidazole rings is 1. The molecule has 1 aliphatic heterocycles. The molecular weight excluding hydrogens is 423 g/mol. The molecule has 8 heteroatoms. The Morgan fingerprint density at radius 3 is 2.64 bits per heavy atom. The highest BCUT2D eigenvalue weighted by Crippen LogP contribution is 2.40. The van der Waals surface area contributed by atoms with Gasteiger partial charge in [0.05, 0.1) is 24.8 Å². The fourth-order valence-electron chi connectivity index (χ4n) is 3.88. The first-order valence-electron chi connectivity index (χ1n) is 10.4. The van der Waals surface area contributed by atoms with Gasteiger partial charge in [0.15, 0.2) is 0 Å². The topological polar surface area (TPSA) is 82.6 Å². The molecule has 1 fully saturated rings. The molecule has 4 rings (SSSR count). The van der Waals surface area contributed by atoms with Gasteiger partial charge in [0.2, 0.25) is 11.6 Å². The molecular formula is C25H25FN4O3. The van der Waals surface area contributed by atoms with E-state index in [1.54, 1.807) is 31.6 Å². The molecule has 3 aromatic rings. The summed E-state index contributed by atoms with van der Waals surface area (Å²) < 4.78 is 27.0. The van der Waals surface area contributed by atoms with Crippen molar-refractivity contribution in [2.24, 2.45) is 5.84 Å². The molecule has 0 spiro atoms. The van der Waals surface area contributed by atoms with Crippen molar-refractivity contribution in [2.75, 3.05) is 7.11 Å². The number of ether oxygens (including phenoxy) is 2. The molecule has 1 saturated heterocycles. The van der Waals surface area contributed by atoms with Gasteiger partial charge >= 0.3 is 0 Å². The number of aromatic nitrogens is 2. The lowest BCUT2D eigenvalue weighted by molar-refractivity contribution is -0.152. The second-order valence-corrected chi connectivity index (χ2v) is 7.81. The number of amides is 1. The van der Waals surface area contributed by atoms with E-state index in [1.807, 2.05) is 42.0 Å². The van der Waals surface area contributed by atoms with Crippen molar-refractivity contribution in [1.29, 1.82) is 0 Å². The number of methoxy groups -OCH3 is 1. The molecule has 1 amide bonds. The standard InChI is InChI=1S/C25H25FN4O3/c1-17-15-29(16-28-17)22-11-6-19(14-23(22)32-3)5-4-18(2)33-25(13-12-24(31)30(25)27)20-7-9-21(26)10-8-20/h4-11,14-16H,2,12-13,27H2,1,3H3/b5-4+. The third-order valence-corrected chi connectivity index (χ3v) is 5.59. The Hall–Kier alpha value is -3.91. The highest BCUT2D eigenvalue weighted by Gasteiger charge is 2.48. The van der Waals surface area contributed by atoms with Crippen LogP contribution >= 0.6 is 0 Å². The molecule has 2 N–H and O–H groups in total. The molecule has 2 heterocycles. The minimum atomic E-state index is -1.24. The van der Waals surface area contributed by atoms with Crippen LogP contribution in [0.1, 0.15) is 29.7 Å². The molecule has 2 aromatic carbocycles. The number of halogens is 1. The van der Waals surface area contributed by atoms with Gasteiger partial charge in [0.1, 0.15) is 17.3 Å². The summed E-state index contributed by atoms with van der Waals surface area (Å²) in [5.41, 5.74) is 1.97. The lowest BCUT2D eigenvalue weighted by atomic mass is 10.00. The van der Waals surface area contributed by atoms with Crippen molar-refractivity contribution < 1.29 is 18.7 Å². The number of carbonyl (C=O) groups excluding carboxylic acids is 1. The minimum absolute atomic E-state index is 0.219. The number of benzene rings is 2. The quantitative estimate of drug-likeness (QED) is 0.253. The van der Waals surface area contributed by atoms with Crippen LogP contribution in [0.2, 0.25) is 0 Å². The van der Waals surface area contributed by atoms with E-state index in [1.165, 1.54) is 12.1 Å². The lowest BCUT2D eigenvalue weighted by Gasteiger charge is -2.36. The maximum Gasteiger partial charge on any atom is 0.240 e. The van der Waals surface area contributed by atoms with Crippen LogP contribution in [0.4, 0.5) is 4.39 Å². The number of aryl methyl sites for hydroxylation is 1. The normalized spacial score (nSPS) is 18.2. The van der Waals surface area contributed by atoms with E-state index in [9.17, 15) is 9.18 Å². The van der Waals surface area contributed by atoms with Crippen LogP contribution in [0.15, 0.2) is 73.4 Å². The third kappa shape index (κ3) is 4.38.